The van der Waals surface area contributed by atoms with Crippen LogP contribution >= 0.6 is 0 Å². The lowest BCUT2D eigenvalue weighted by Gasteiger charge is -2.40. The summed E-state index contributed by atoms with van der Waals surface area (Å²) in [7, 11) is -0.519. The summed E-state index contributed by atoms with van der Waals surface area (Å²) >= 11 is 0. The fourth-order valence-electron chi connectivity index (χ4n) is 4.83. The number of carbonyl (C=O) groups is 2. The molecule has 5 nitrogen and oxygen atoms in total. The van der Waals surface area contributed by atoms with Gasteiger partial charge in [-0.15, -0.1) is 0 Å². The van der Waals surface area contributed by atoms with Gasteiger partial charge in [0.25, 0.3) is 0 Å². The highest BCUT2D eigenvalue weighted by molar-refractivity contribution is 6.74. The molecule has 2 atom stereocenters. The van der Waals surface area contributed by atoms with Crippen molar-refractivity contribution < 1.29 is 18.8 Å². The lowest BCUT2D eigenvalue weighted by atomic mass is 10.0. The maximum Gasteiger partial charge on any atom is 0.337 e. The van der Waals surface area contributed by atoms with E-state index in [-0.39, 0.29) is 29.1 Å². The number of esters is 1. The summed E-state index contributed by atoms with van der Waals surface area (Å²) < 4.78 is 11.7. The lowest BCUT2D eigenvalue weighted by Crippen LogP contribution is -2.45. The summed E-state index contributed by atoms with van der Waals surface area (Å²) in [4.78, 5) is 26.5. The van der Waals surface area contributed by atoms with Gasteiger partial charge in [-0.05, 0) is 79.9 Å². The number of methoxy groups -OCH3 is 1. The third-order valence-corrected chi connectivity index (χ3v) is 12.6. The van der Waals surface area contributed by atoms with Gasteiger partial charge in [-0.2, -0.15) is 0 Å². The van der Waals surface area contributed by atoms with Crippen LogP contribution < -0.4 is 0 Å². The first-order valence-corrected chi connectivity index (χ1v) is 16.6. The quantitative estimate of drug-likeness (QED) is 0.226. The zero-order valence-electron chi connectivity index (χ0n) is 23.6. The zero-order valence-corrected chi connectivity index (χ0v) is 24.6. The number of aryl methyl sites for hydroxylation is 1. The number of hydrogen-bond donors (Lipinski definition) is 0. The third-order valence-electron chi connectivity index (χ3n) is 8.09. The van der Waals surface area contributed by atoms with Gasteiger partial charge in [-0.25, -0.2) is 4.79 Å². The first-order valence-electron chi connectivity index (χ1n) is 13.7. The van der Waals surface area contributed by atoms with Crippen LogP contribution in [0.3, 0.4) is 0 Å². The molecule has 202 valence electrons. The SMILES string of the molecule is COC(=O)c1ccc(CCCN2C(=O)CCC2CCC(Cc2ccccc2)O[Si](C)(C)C(C)(C)C)cc1. The Morgan fingerprint density at radius 2 is 1.73 bits per heavy atom. The van der Waals surface area contributed by atoms with Gasteiger partial charge in [0, 0.05) is 25.1 Å². The number of amides is 1. The van der Waals surface area contributed by atoms with E-state index in [4.69, 9.17) is 9.16 Å². The van der Waals surface area contributed by atoms with Crippen LogP contribution in [-0.4, -0.2) is 50.9 Å². The average molecular weight is 524 g/mol. The van der Waals surface area contributed by atoms with Crippen molar-refractivity contribution in [2.75, 3.05) is 13.7 Å². The van der Waals surface area contributed by atoms with Crippen LogP contribution in [0.15, 0.2) is 54.6 Å². The Morgan fingerprint density at radius 1 is 1.05 bits per heavy atom. The molecule has 1 aliphatic rings. The van der Waals surface area contributed by atoms with Crippen LogP contribution in [0.4, 0.5) is 0 Å². The Balaban J connectivity index is 1.58. The molecule has 2 aromatic rings. The van der Waals surface area contributed by atoms with E-state index < -0.39 is 8.32 Å². The zero-order chi connectivity index (χ0) is 27.1. The molecule has 1 fully saturated rings. The second-order valence-electron chi connectivity index (χ2n) is 11.8. The highest BCUT2D eigenvalue weighted by atomic mass is 28.4. The van der Waals surface area contributed by atoms with Crippen molar-refractivity contribution in [3.8, 4) is 0 Å². The normalized spacial score (nSPS) is 17.2. The number of nitrogens with zero attached hydrogens (tertiary/aromatic N) is 1. The van der Waals surface area contributed by atoms with E-state index in [1.807, 2.05) is 12.1 Å². The Labute approximate surface area is 224 Å². The van der Waals surface area contributed by atoms with E-state index in [0.29, 0.717) is 12.0 Å². The van der Waals surface area contributed by atoms with E-state index in [9.17, 15) is 9.59 Å². The molecule has 1 heterocycles. The second kappa shape index (κ2) is 12.9. The Morgan fingerprint density at radius 3 is 2.35 bits per heavy atom. The number of rotatable bonds is 12. The second-order valence-corrected chi connectivity index (χ2v) is 16.6. The van der Waals surface area contributed by atoms with Gasteiger partial charge in [0.05, 0.1) is 12.7 Å². The Hall–Kier alpha value is -2.44. The molecule has 0 aliphatic carbocycles. The summed E-state index contributed by atoms with van der Waals surface area (Å²) in [6, 6.07) is 18.5. The number of hydrogen-bond acceptors (Lipinski definition) is 4. The summed E-state index contributed by atoms with van der Waals surface area (Å²) in [6.07, 6.45) is 6.38. The minimum absolute atomic E-state index is 0.159. The fourth-order valence-corrected chi connectivity index (χ4v) is 6.22. The van der Waals surface area contributed by atoms with Crippen LogP contribution in [-0.2, 0) is 26.8 Å². The van der Waals surface area contributed by atoms with E-state index in [2.05, 4.69) is 69.1 Å². The average Bonchev–Trinajstić information content (AvgIpc) is 3.21. The van der Waals surface area contributed by atoms with E-state index in [0.717, 1.165) is 45.1 Å². The maximum absolute atomic E-state index is 12.7. The molecule has 0 N–H and O–H groups in total. The number of likely N-dealkylation sites (tertiary alicyclic amines) is 1. The van der Waals surface area contributed by atoms with Gasteiger partial charge in [0.15, 0.2) is 8.32 Å². The van der Waals surface area contributed by atoms with Crippen molar-refractivity contribution in [2.45, 2.75) is 96.0 Å². The molecular formula is C31H45NO4Si. The minimum Gasteiger partial charge on any atom is -0.465 e. The van der Waals surface area contributed by atoms with Crippen molar-refractivity contribution in [3.05, 3.63) is 71.3 Å². The summed E-state index contributed by atoms with van der Waals surface area (Å²) in [5.74, 6) is -0.0453. The number of ether oxygens (including phenoxy) is 1. The molecule has 1 aliphatic heterocycles. The van der Waals surface area contributed by atoms with Crippen LogP contribution in [0, 0.1) is 0 Å². The molecule has 0 saturated carbocycles. The van der Waals surface area contributed by atoms with E-state index in [1.54, 1.807) is 12.1 Å². The number of benzene rings is 2. The maximum atomic E-state index is 12.7. The van der Waals surface area contributed by atoms with Gasteiger partial charge in [-0.1, -0.05) is 63.2 Å². The van der Waals surface area contributed by atoms with Crippen molar-refractivity contribution in [3.63, 3.8) is 0 Å². The molecule has 0 spiro atoms. The Bertz CT molecular complexity index is 1010. The topological polar surface area (TPSA) is 55.8 Å². The van der Waals surface area contributed by atoms with Gasteiger partial charge in [-0.3, -0.25) is 4.79 Å². The highest BCUT2D eigenvalue weighted by Crippen LogP contribution is 2.38. The molecule has 0 aromatic heterocycles. The largest absolute Gasteiger partial charge is 0.465 e. The molecule has 0 bridgehead atoms. The highest BCUT2D eigenvalue weighted by Gasteiger charge is 2.39. The Kier molecular flexibility index (Phi) is 10.1. The van der Waals surface area contributed by atoms with Crippen molar-refractivity contribution in [2.24, 2.45) is 0 Å². The molecule has 1 saturated heterocycles. The molecule has 6 heteroatoms. The first kappa shape index (κ1) is 29.1. The molecule has 3 rings (SSSR count). The predicted molar refractivity (Wildman–Crippen MR) is 152 cm³/mol. The van der Waals surface area contributed by atoms with Crippen LogP contribution in [0.25, 0.3) is 0 Å². The fraction of sp³-hybridized carbons (Fsp3) is 0.548. The third kappa shape index (κ3) is 8.27. The van der Waals surface area contributed by atoms with Crippen LogP contribution in [0.1, 0.15) is 74.4 Å². The molecule has 37 heavy (non-hydrogen) atoms. The molecule has 2 aromatic carbocycles. The minimum atomic E-state index is -1.91. The van der Waals surface area contributed by atoms with Crippen molar-refractivity contribution in [1.29, 1.82) is 0 Å². The van der Waals surface area contributed by atoms with Gasteiger partial charge < -0.3 is 14.1 Å². The monoisotopic (exact) mass is 523 g/mol. The predicted octanol–water partition coefficient (Wildman–Crippen LogP) is 6.81. The standard InChI is InChI=1S/C31H45NO4Si/c1-31(2,3)37(5,6)36-28(23-25-11-8-7-9-12-25)20-18-27-19-21-29(33)32(27)22-10-13-24-14-16-26(17-15-24)30(34)35-4/h7-9,11-12,14-17,27-28H,10,13,18-23H2,1-6H3. The summed E-state index contributed by atoms with van der Waals surface area (Å²) in [5.41, 5.74) is 3.04. The van der Waals surface area contributed by atoms with Gasteiger partial charge in [0.1, 0.15) is 0 Å². The van der Waals surface area contributed by atoms with Gasteiger partial charge in [0.2, 0.25) is 5.91 Å². The smallest absolute Gasteiger partial charge is 0.337 e. The number of carbonyl (C=O) groups excluding carboxylic acids is 2. The lowest BCUT2D eigenvalue weighted by molar-refractivity contribution is -0.129. The van der Waals surface area contributed by atoms with E-state index in [1.165, 1.54) is 18.2 Å². The van der Waals surface area contributed by atoms with Crippen LogP contribution in [0.2, 0.25) is 18.1 Å². The first-order chi connectivity index (χ1) is 17.5. The molecule has 0 radical (unpaired) electrons. The summed E-state index contributed by atoms with van der Waals surface area (Å²) in [5, 5.41) is 0.159. The molecule has 2 unspecified atom stereocenters. The molecule has 1 amide bonds. The van der Waals surface area contributed by atoms with Crippen LogP contribution in [0.5, 0.6) is 0 Å². The van der Waals surface area contributed by atoms with Crippen molar-refractivity contribution in [1.82, 2.24) is 4.90 Å². The molecular weight excluding hydrogens is 478 g/mol. The van der Waals surface area contributed by atoms with Crippen molar-refractivity contribution >= 4 is 20.2 Å². The summed E-state index contributed by atoms with van der Waals surface area (Å²) in [6.45, 7) is 12.3. The van der Waals surface area contributed by atoms with Gasteiger partial charge >= 0.3 is 5.97 Å². The van der Waals surface area contributed by atoms with E-state index >= 15 is 0 Å².